The molecular weight excluding hydrogens is 182 g/mol. The minimum absolute atomic E-state index is 0.117. The summed E-state index contributed by atoms with van der Waals surface area (Å²) >= 11 is 0. The Labute approximate surface area is 83.6 Å². The molecule has 14 heavy (non-hydrogen) atoms. The lowest BCUT2D eigenvalue weighted by atomic mass is 10.2. The van der Waals surface area contributed by atoms with E-state index in [4.69, 9.17) is 10.00 Å². The van der Waals surface area contributed by atoms with E-state index in [0.29, 0.717) is 26.3 Å². The molecule has 0 aromatic rings. The summed E-state index contributed by atoms with van der Waals surface area (Å²) in [6.07, 6.45) is 2.90. The summed E-state index contributed by atoms with van der Waals surface area (Å²) < 4.78 is 5.16. The first-order valence-electron chi connectivity index (χ1n) is 4.81. The van der Waals surface area contributed by atoms with Gasteiger partial charge < -0.3 is 10.1 Å². The number of hydrogen-bond donors (Lipinski definition) is 1. The van der Waals surface area contributed by atoms with Crippen LogP contribution in [0.15, 0.2) is 0 Å². The standard InChI is InChI=1S/C9H15N3O2/c1-2-3-11-9(13)8-6-14-5-4-12(8)7-10/h8H,2-6H2,1H3,(H,11,13). The van der Waals surface area contributed by atoms with E-state index in [-0.39, 0.29) is 5.91 Å². The van der Waals surface area contributed by atoms with Crippen molar-refractivity contribution in [2.45, 2.75) is 19.4 Å². The molecule has 5 heteroatoms. The Hall–Kier alpha value is -1.28. The second-order valence-corrected chi connectivity index (χ2v) is 3.18. The first-order valence-corrected chi connectivity index (χ1v) is 4.81. The summed E-state index contributed by atoms with van der Waals surface area (Å²) in [7, 11) is 0. The van der Waals surface area contributed by atoms with Crippen molar-refractivity contribution in [2.24, 2.45) is 0 Å². The number of carbonyl (C=O) groups is 1. The Morgan fingerprint density at radius 1 is 1.79 bits per heavy atom. The summed E-state index contributed by atoms with van der Waals surface area (Å²) in [6.45, 7) is 3.96. The van der Waals surface area contributed by atoms with Crippen LogP contribution >= 0.6 is 0 Å². The molecule has 1 saturated heterocycles. The zero-order chi connectivity index (χ0) is 10.4. The fourth-order valence-electron chi connectivity index (χ4n) is 1.31. The van der Waals surface area contributed by atoms with Gasteiger partial charge in [-0.05, 0) is 6.42 Å². The predicted octanol–water partition coefficient (Wildman–Crippen LogP) is -0.306. The molecule has 0 aromatic heterocycles. The Morgan fingerprint density at radius 3 is 3.21 bits per heavy atom. The summed E-state index contributed by atoms with van der Waals surface area (Å²) in [5.41, 5.74) is 0. The average Bonchev–Trinajstić information content (AvgIpc) is 2.25. The maximum atomic E-state index is 11.5. The lowest BCUT2D eigenvalue weighted by Gasteiger charge is -2.29. The summed E-state index contributed by atoms with van der Waals surface area (Å²) in [4.78, 5) is 13.0. The van der Waals surface area contributed by atoms with Gasteiger partial charge in [-0.3, -0.25) is 9.69 Å². The second-order valence-electron chi connectivity index (χ2n) is 3.18. The van der Waals surface area contributed by atoms with E-state index in [1.165, 1.54) is 4.90 Å². The van der Waals surface area contributed by atoms with Crippen molar-refractivity contribution < 1.29 is 9.53 Å². The van der Waals surface area contributed by atoms with Crippen molar-refractivity contribution in [3.63, 3.8) is 0 Å². The quantitative estimate of drug-likeness (QED) is 0.630. The van der Waals surface area contributed by atoms with Crippen LogP contribution < -0.4 is 5.32 Å². The van der Waals surface area contributed by atoms with Gasteiger partial charge in [0.15, 0.2) is 6.19 Å². The van der Waals surface area contributed by atoms with Crippen LogP contribution in [0.1, 0.15) is 13.3 Å². The van der Waals surface area contributed by atoms with E-state index in [2.05, 4.69) is 5.32 Å². The van der Waals surface area contributed by atoms with E-state index < -0.39 is 6.04 Å². The molecule has 0 bridgehead atoms. The number of ether oxygens (including phenoxy) is 1. The lowest BCUT2D eigenvalue weighted by molar-refractivity contribution is -0.130. The van der Waals surface area contributed by atoms with Crippen LogP contribution in [-0.2, 0) is 9.53 Å². The van der Waals surface area contributed by atoms with E-state index in [1.54, 1.807) is 0 Å². The molecule has 0 aliphatic carbocycles. The van der Waals surface area contributed by atoms with Gasteiger partial charge in [-0.25, -0.2) is 0 Å². The van der Waals surface area contributed by atoms with Gasteiger partial charge in [-0.1, -0.05) is 6.92 Å². The van der Waals surface area contributed by atoms with Crippen molar-refractivity contribution in [3.05, 3.63) is 0 Å². The number of hydrogen-bond acceptors (Lipinski definition) is 4. The van der Waals surface area contributed by atoms with Crippen LogP contribution in [0.5, 0.6) is 0 Å². The molecule has 1 N–H and O–H groups in total. The van der Waals surface area contributed by atoms with Gasteiger partial charge in [0, 0.05) is 6.54 Å². The smallest absolute Gasteiger partial charge is 0.245 e. The molecule has 0 spiro atoms. The Kier molecular flexibility index (Phi) is 4.20. The van der Waals surface area contributed by atoms with Gasteiger partial charge in [0.25, 0.3) is 0 Å². The van der Waals surface area contributed by atoms with Gasteiger partial charge in [-0.15, -0.1) is 0 Å². The molecule has 1 rings (SSSR count). The number of nitrogens with one attached hydrogen (secondary N) is 1. The Balaban J connectivity index is 2.47. The topological polar surface area (TPSA) is 65.4 Å². The molecule has 5 nitrogen and oxygen atoms in total. The fourth-order valence-corrected chi connectivity index (χ4v) is 1.31. The zero-order valence-corrected chi connectivity index (χ0v) is 8.32. The molecule has 1 aliphatic heterocycles. The van der Waals surface area contributed by atoms with Crippen molar-refractivity contribution in [1.82, 2.24) is 10.2 Å². The first-order chi connectivity index (χ1) is 6.79. The number of nitriles is 1. The summed E-state index contributed by atoms with van der Waals surface area (Å²) in [6, 6.07) is -0.444. The highest BCUT2D eigenvalue weighted by molar-refractivity contribution is 5.82. The van der Waals surface area contributed by atoms with Crippen LogP contribution in [0.25, 0.3) is 0 Å². The van der Waals surface area contributed by atoms with E-state index in [0.717, 1.165) is 6.42 Å². The zero-order valence-electron chi connectivity index (χ0n) is 8.32. The monoisotopic (exact) mass is 197 g/mol. The normalized spacial score (nSPS) is 21.4. The van der Waals surface area contributed by atoms with E-state index in [9.17, 15) is 4.79 Å². The summed E-state index contributed by atoms with van der Waals surface area (Å²) in [5, 5.41) is 11.5. The van der Waals surface area contributed by atoms with Crippen molar-refractivity contribution in [3.8, 4) is 6.19 Å². The minimum atomic E-state index is -0.444. The van der Waals surface area contributed by atoms with Gasteiger partial charge in [0.05, 0.1) is 19.8 Å². The van der Waals surface area contributed by atoms with Gasteiger partial charge in [0.1, 0.15) is 6.04 Å². The van der Waals surface area contributed by atoms with Crippen LogP contribution in [0.3, 0.4) is 0 Å². The Bertz CT molecular complexity index is 237. The highest BCUT2D eigenvalue weighted by Gasteiger charge is 2.28. The van der Waals surface area contributed by atoms with Crippen LogP contribution in [0, 0.1) is 11.5 Å². The molecule has 78 valence electrons. The molecule has 1 aliphatic rings. The average molecular weight is 197 g/mol. The number of amides is 1. The van der Waals surface area contributed by atoms with Crippen LogP contribution in [-0.4, -0.2) is 43.2 Å². The van der Waals surface area contributed by atoms with E-state index in [1.807, 2.05) is 13.1 Å². The second kappa shape index (κ2) is 5.45. The molecule has 1 amide bonds. The number of rotatable bonds is 3. The van der Waals surface area contributed by atoms with Crippen molar-refractivity contribution in [1.29, 1.82) is 5.26 Å². The first kappa shape index (κ1) is 10.8. The van der Waals surface area contributed by atoms with Gasteiger partial charge >= 0.3 is 0 Å². The maximum absolute atomic E-state index is 11.5. The third-order valence-electron chi connectivity index (χ3n) is 2.11. The molecule has 0 saturated carbocycles. The number of carbonyl (C=O) groups excluding carboxylic acids is 1. The van der Waals surface area contributed by atoms with Crippen LogP contribution in [0.4, 0.5) is 0 Å². The number of morpholine rings is 1. The molecule has 1 heterocycles. The van der Waals surface area contributed by atoms with Crippen molar-refractivity contribution in [2.75, 3.05) is 26.3 Å². The third-order valence-corrected chi connectivity index (χ3v) is 2.11. The molecular formula is C9H15N3O2. The van der Waals surface area contributed by atoms with Gasteiger partial charge in [0.2, 0.25) is 5.91 Å². The minimum Gasteiger partial charge on any atom is -0.377 e. The molecule has 1 unspecified atom stereocenters. The molecule has 0 aromatic carbocycles. The van der Waals surface area contributed by atoms with Crippen LogP contribution in [0.2, 0.25) is 0 Å². The SMILES string of the molecule is CCCNC(=O)C1COCCN1C#N. The largest absolute Gasteiger partial charge is 0.377 e. The maximum Gasteiger partial charge on any atom is 0.245 e. The van der Waals surface area contributed by atoms with Crippen molar-refractivity contribution >= 4 is 5.91 Å². The Morgan fingerprint density at radius 2 is 2.57 bits per heavy atom. The molecule has 0 radical (unpaired) electrons. The fraction of sp³-hybridized carbons (Fsp3) is 0.778. The molecule has 1 atom stereocenters. The van der Waals surface area contributed by atoms with Gasteiger partial charge in [-0.2, -0.15) is 5.26 Å². The predicted molar refractivity (Wildman–Crippen MR) is 50.2 cm³/mol. The molecule has 1 fully saturated rings. The highest BCUT2D eigenvalue weighted by Crippen LogP contribution is 2.05. The third kappa shape index (κ3) is 2.60. The lowest BCUT2D eigenvalue weighted by Crippen LogP contribution is -2.51. The number of nitrogens with zero attached hydrogens (tertiary/aromatic N) is 2. The summed E-state index contributed by atoms with van der Waals surface area (Å²) in [5.74, 6) is -0.117. The van der Waals surface area contributed by atoms with E-state index >= 15 is 0 Å². The highest BCUT2D eigenvalue weighted by atomic mass is 16.5.